The number of hydrogen-bond donors (Lipinski definition) is 3. The summed E-state index contributed by atoms with van der Waals surface area (Å²) < 4.78 is 0. The number of likely N-dealkylation sites (tertiary alicyclic amines) is 1. The van der Waals surface area contributed by atoms with Crippen LogP contribution in [0.15, 0.2) is 15.8 Å². The number of H-pyrrole nitrogens is 2. The summed E-state index contributed by atoms with van der Waals surface area (Å²) in [4.78, 5) is 41.4. The molecule has 2 rings (SSSR count). The Labute approximate surface area is 116 Å². The first-order valence-corrected chi connectivity index (χ1v) is 6.91. The molecule has 7 nitrogen and oxygen atoms in total. The summed E-state index contributed by atoms with van der Waals surface area (Å²) in [5.41, 5.74) is -1.23. The highest BCUT2D eigenvalue weighted by atomic mass is 16.2. The second kappa shape index (κ2) is 6.51. The Hall–Kier alpha value is -1.89. The third-order valence-corrected chi connectivity index (χ3v) is 3.67. The molecule has 7 heteroatoms. The molecule has 0 radical (unpaired) electrons. The Morgan fingerprint density at radius 2 is 2.25 bits per heavy atom. The van der Waals surface area contributed by atoms with Crippen molar-refractivity contribution in [2.45, 2.75) is 31.7 Å². The van der Waals surface area contributed by atoms with E-state index in [4.69, 9.17) is 0 Å². The number of aromatic nitrogens is 2. The first-order valence-electron chi connectivity index (χ1n) is 6.91. The van der Waals surface area contributed by atoms with Crippen LogP contribution in [0.3, 0.4) is 0 Å². The van der Waals surface area contributed by atoms with E-state index >= 15 is 0 Å². The van der Waals surface area contributed by atoms with Gasteiger partial charge in [-0.25, -0.2) is 4.79 Å². The number of amides is 1. The molecule has 1 amide bonds. The molecule has 0 spiro atoms. The fourth-order valence-corrected chi connectivity index (χ4v) is 2.60. The summed E-state index contributed by atoms with van der Waals surface area (Å²) in [5.74, 6) is -0.302. The summed E-state index contributed by atoms with van der Waals surface area (Å²) in [7, 11) is 1.88. The highest BCUT2D eigenvalue weighted by molar-refractivity contribution is 5.93. The quantitative estimate of drug-likeness (QED) is 0.703. The maximum Gasteiger partial charge on any atom is 0.325 e. The van der Waals surface area contributed by atoms with Gasteiger partial charge in [-0.15, -0.1) is 0 Å². The molecule has 1 fully saturated rings. The average molecular weight is 280 g/mol. The van der Waals surface area contributed by atoms with Crippen LogP contribution in [0.1, 0.15) is 36.0 Å². The topological polar surface area (TPSA) is 98.1 Å². The number of nitrogens with one attached hydrogen (secondary N) is 3. The maximum absolute atomic E-state index is 12.5. The van der Waals surface area contributed by atoms with E-state index in [1.54, 1.807) is 4.90 Å². The minimum atomic E-state index is -0.628. The van der Waals surface area contributed by atoms with Crippen molar-refractivity contribution in [3.63, 3.8) is 0 Å². The van der Waals surface area contributed by atoms with Gasteiger partial charge in [0.25, 0.3) is 11.5 Å². The molecule has 1 aliphatic rings. The van der Waals surface area contributed by atoms with Crippen molar-refractivity contribution in [3.05, 3.63) is 32.6 Å². The molecule has 1 aliphatic heterocycles. The summed E-state index contributed by atoms with van der Waals surface area (Å²) in [6, 6.07) is 0.148. The van der Waals surface area contributed by atoms with Crippen LogP contribution in [0.2, 0.25) is 0 Å². The van der Waals surface area contributed by atoms with Gasteiger partial charge in [-0.3, -0.25) is 14.6 Å². The van der Waals surface area contributed by atoms with Crippen LogP contribution in [0.5, 0.6) is 0 Å². The Bertz CT molecular complexity index is 577. The van der Waals surface area contributed by atoms with E-state index in [1.807, 2.05) is 7.05 Å². The van der Waals surface area contributed by atoms with Gasteiger partial charge in [0.05, 0.1) is 0 Å². The number of carbonyl (C=O) groups excluding carboxylic acids is 1. The van der Waals surface area contributed by atoms with Gasteiger partial charge >= 0.3 is 5.69 Å². The highest BCUT2D eigenvalue weighted by Gasteiger charge is 2.28. The van der Waals surface area contributed by atoms with Crippen molar-refractivity contribution < 1.29 is 4.79 Å². The minimum Gasteiger partial charge on any atom is -0.335 e. The Morgan fingerprint density at radius 3 is 2.95 bits per heavy atom. The molecule has 1 aromatic rings. The molecular formula is C13H20N4O3. The van der Waals surface area contributed by atoms with E-state index in [1.165, 1.54) is 6.20 Å². The van der Waals surface area contributed by atoms with Crippen LogP contribution in [-0.2, 0) is 0 Å². The molecule has 0 saturated carbocycles. The van der Waals surface area contributed by atoms with Gasteiger partial charge in [-0.05, 0) is 39.3 Å². The van der Waals surface area contributed by atoms with Crippen LogP contribution < -0.4 is 16.6 Å². The summed E-state index contributed by atoms with van der Waals surface area (Å²) >= 11 is 0. The normalized spacial score (nSPS) is 19.1. The number of hydrogen-bond acceptors (Lipinski definition) is 4. The predicted octanol–water partition coefficient (Wildman–Crippen LogP) is -0.333. The van der Waals surface area contributed by atoms with Crippen molar-refractivity contribution >= 4 is 5.91 Å². The molecular weight excluding hydrogens is 260 g/mol. The summed E-state index contributed by atoms with van der Waals surface area (Å²) in [6.07, 6.45) is 5.06. The SMILES string of the molecule is CNCCC1CCCCN1C(=O)c1c[nH]c(=O)[nH]c1=O. The fraction of sp³-hybridized carbons (Fsp3) is 0.615. The molecule has 1 unspecified atom stereocenters. The van der Waals surface area contributed by atoms with Crippen LogP contribution in [0, 0.1) is 0 Å². The Morgan fingerprint density at radius 1 is 1.45 bits per heavy atom. The van der Waals surface area contributed by atoms with Crippen molar-refractivity contribution in [1.82, 2.24) is 20.2 Å². The lowest BCUT2D eigenvalue weighted by Crippen LogP contribution is -2.46. The number of rotatable bonds is 4. The second-order valence-corrected chi connectivity index (χ2v) is 5.03. The molecule has 20 heavy (non-hydrogen) atoms. The van der Waals surface area contributed by atoms with E-state index in [0.717, 1.165) is 32.2 Å². The molecule has 0 bridgehead atoms. The minimum absolute atomic E-state index is 0.000887. The van der Waals surface area contributed by atoms with E-state index in [-0.39, 0.29) is 17.5 Å². The van der Waals surface area contributed by atoms with E-state index < -0.39 is 11.2 Å². The standard InChI is InChI=1S/C13H20N4O3/c1-14-6-5-9-4-2-3-7-17(9)12(19)10-8-15-13(20)16-11(10)18/h8-9,14H,2-7H2,1H3,(H2,15,16,18,20). The largest absolute Gasteiger partial charge is 0.335 e. The average Bonchev–Trinajstić information content (AvgIpc) is 2.45. The Balaban J connectivity index is 2.20. The molecule has 110 valence electrons. The van der Waals surface area contributed by atoms with Crippen molar-refractivity contribution in [2.24, 2.45) is 0 Å². The van der Waals surface area contributed by atoms with Gasteiger partial charge in [-0.1, -0.05) is 0 Å². The van der Waals surface area contributed by atoms with Crippen molar-refractivity contribution in [3.8, 4) is 0 Å². The van der Waals surface area contributed by atoms with Crippen LogP contribution in [-0.4, -0.2) is 47.0 Å². The van der Waals surface area contributed by atoms with Crippen LogP contribution in [0.4, 0.5) is 0 Å². The number of carbonyl (C=O) groups is 1. The lowest BCUT2D eigenvalue weighted by Gasteiger charge is -2.35. The summed E-state index contributed by atoms with van der Waals surface area (Å²) in [5, 5.41) is 3.08. The molecule has 0 aliphatic carbocycles. The predicted molar refractivity (Wildman–Crippen MR) is 74.9 cm³/mol. The van der Waals surface area contributed by atoms with Gasteiger partial charge in [0, 0.05) is 18.8 Å². The molecule has 0 aromatic carbocycles. The third-order valence-electron chi connectivity index (χ3n) is 3.67. The second-order valence-electron chi connectivity index (χ2n) is 5.03. The first-order chi connectivity index (χ1) is 9.63. The van der Waals surface area contributed by atoms with Gasteiger partial charge in [-0.2, -0.15) is 0 Å². The van der Waals surface area contributed by atoms with E-state index in [2.05, 4.69) is 15.3 Å². The van der Waals surface area contributed by atoms with Gasteiger partial charge < -0.3 is 15.2 Å². The van der Waals surface area contributed by atoms with Crippen molar-refractivity contribution in [1.29, 1.82) is 0 Å². The number of nitrogens with zero attached hydrogens (tertiary/aromatic N) is 1. The smallest absolute Gasteiger partial charge is 0.325 e. The molecule has 1 aromatic heterocycles. The first kappa shape index (κ1) is 14.5. The zero-order chi connectivity index (χ0) is 14.5. The summed E-state index contributed by atoms with van der Waals surface area (Å²) in [6.45, 7) is 1.49. The van der Waals surface area contributed by atoms with E-state index in [0.29, 0.717) is 6.54 Å². The monoisotopic (exact) mass is 280 g/mol. The van der Waals surface area contributed by atoms with Crippen LogP contribution in [0.25, 0.3) is 0 Å². The van der Waals surface area contributed by atoms with Crippen molar-refractivity contribution in [2.75, 3.05) is 20.1 Å². The number of piperidine rings is 1. The lowest BCUT2D eigenvalue weighted by molar-refractivity contribution is 0.0600. The third kappa shape index (κ3) is 3.16. The van der Waals surface area contributed by atoms with Gasteiger partial charge in [0.15, 0.2) is 0 Å². The zero-order valence-electron chi connectivity index (χ0n) is 11.6. The highest BCUT2D eigenvalue weighted by Crippen LogP contribution is 2.20. The van der Waals surface area contributed by atoms with Crippen LogP contribution >= 0.6 is 0 Å². The molecule has 1 saturated heterocycles. The zero-order valence-corrected chi connectivity index (χ0v) is 11.6. The fourth-order valence-electron chi connectivity index (χ4n) is 2.60. The molecule has 1 atom stereocenters. The maximum atomic E-state index is 12.5. The van der Waals surface area contributed by atoms with Gasteiger partial charge in [0.2, 0.25) is 0 Å². The van der Waals surface area contributed by atoms with Gasteiger partial charge in [0.1, 0.15) is 5.56 Å². The number of aromatic amines is 2. The van der Waals surface area contributed by atoms with E-state index in [9.17, 15) is 14.4 Å². The lowest BCUT2D eigenvalue weighted by atomic mass is 9.98. The Kier molecular flexibility index (Phi) is 4.73. The molecule has 3 N–H and O–H groups in total. The molecule has 2 heterocycles.